The quantitative estimate of drug-likeness (QED) is 0.538. The first-order valence-electron chi connectivity index (χ1n) is 10.1. The Morgan fingerprint density at radius 2 is 1.74 bits per heavy atom. The van der Waals surface area contributed by atoms with Crippen LogP contribution < -0.4 is 5.32 Å². The summed E-state index contributed by atoms with van der Waals surface area (Å²) >= 11 is 5.92. The highest BCUT2D eigenvalue weighted by Gasteiger charge is 2.43. The fourth-order valence-electron chi connectivity index (χ4n) is 3.94. The van der Waals surface area contributed by atoms with Crippen molar-refractivity contribution in [2.75, 3.05) is 11.9 Å². The van der Waals surface area contributed by atoms with Crippen molar-refractivity contribution in [1.82, 2.24) is 0 Å². The number of benzene rings is 2. The molecule has 1 atom stereocenters. The van der Waals surface area contributed by atoms with Crippen LogP contribution in [-0.4, -0.2) is 24.5 Å². The highest BCUT2D eigenvalue weighted by Crippen LogP contribution is 2.40. The predicted octanol–water partition coefficient (Wildman–Crippen LogP) is 6.47. The largest absolute Gasteiger partial charge is 0.418 e. The van der Waals surface area contributed by atoms with Gasteiger partial charge >= 0.3 is 6.18 Å². The van der Waals surface area contributed by atoms with Crippen LogP contribution in [0.3, 0.4) is 0 Å². The van der Waals surface area contributed by atoms with Crippen LogP contribution in [-0.2, 0) is 20.7 Å². The minimum absolute atomic E-state index is 0.0945. The molecule has 1 aliphatic carbocycles. The first-order valence-corrected chi connectivity index (χ1v) is 10.5. The van der Waals surface area contributed by atoms with E-state index in [9.17, 15) is 13.2 Å². The molecule has 8 heteroatoms. The van der Waals surface area contributed by atoms with Gasteiger partial charge in [0, 0.05) is 29.6 Å². The maximum Gasteiger partial charge on any atom is 0.418 e. The molecule has 166 valence electrons. The molecule has 1 saturated carbocycles. The summed E-state index contributed by atoms with van der Waals surface area (Å²) in [6.45, 7) is 4.36. The van der Waals surface area contributed by atoms with Gasteiger partial charge in [0.15, 0.2) is 0 Å². The number of hydrogen-bond acceptors (Lipinski definition) is 4. The Labute approximate surface area is 183 Å². The average molecular weight is 454 g/mol. The molecule has 2 fully saturated rings. The molecule has 4 rings (SSSR count). The van der Waals surface area contributed by atoms with E-state index in [1.165, 1.54) is 12.1 Å². The smallest absolute Gasteiger partial charge is 0.382 e. The van der Waals surface area contributed by atoms with E-state index in [0.717, 1.165) is 17.2 Å². The summed E-state index contributed by atoms with van der Waals surface area (Å²) in [4.78, 5) is 11.3. The third kappa shape index (κ3) is 5.06. The fourth-order valence-corrected chi connectivity index (χ4v) is 4.07. The van der Waals surface area contributed by atoms with Gasteiger partial charge in [-0.25, -0.2) is 9.78 Å². The van der Waals surface area contributed by atoms with Gasteiger partial charge in [0.2, 0.25) is 5.79 Å². The lowest BCUT2D eigenvalue weighted by molar-refractivity contribution is -0.483. The summed E-state index contributed by atoms with van der Waals surface area (Å²) in [5.41, 5.74) is 1.05. The molecule has 2 aromatic carbocycles. The van der Waals surface area contributed by atoms with E-state index in [-0.39, 0.29) is 18.3 Å². The molecule has 0 aromatic heterocycles. The first-order chi connectivity index (χ1) is 14.8. The van der Waals surface area contributed by atoms with Crippen LogP contribution in [0.4, 0.5) is 18.9 Å². The lowest BCUT2D eigenvalue weighted by Crippen LogP contribution is -2.49. The van der Waals surface area contributed by atoms with Gasteiger partial charge in [-0.15, -0.1) is 0 Å². The number of ether oxygens (including phenoxy) is 1. The van der Waals surface area contributed by atoms with E-state index in [4.69, 9.17) is 26.1 Å². The van der Waals surface area contributed by atoms with Crippen molar-refractivity contribution in [3.63, 3.8) is 0 Å². The number of nitrogens with one attached hydrogen (secondary N) is 1. The third-order valence-corrected chi connectivity index (χ3v) is 6.01. The molecule has 1 N–H and O–H groups in total. The Balaban J connectivity index is 1.32. The van der Waals surface area contributed by atoms with Crippen LogP contribution in [0.25, 0.3) is 5.57 Å². The van der Waals surface area contributed by atoms with Gasteiger partial charge in [-0.1, -0.05) is 42.4 Å². The summed E-state index contributed by atoms with van der Waals surface area (Å²) in [6.07, 6.45) is -2.62. The Bertz CT molecular complexity index is 914. The number of hydrogen-bond donors (Lipinski definition) is 1. The predicted molar refractivity (Wildman–Crippen MR) is 112 cm³/mol. The van der Waals surface area contributed by atoms with Crippen molar-refractivity contribution in [2.24, 2.45) is 0 Å². The second-order valence-electron chi connectivity index (χ2n) is 7.88. The highest BCUT2D eigenvalue weighted by molar-refractivity contribution is 6.30. The van der Waals surface area contributed by atoms with E-state index in [2.05, 4.69) is 11.9 Å². The van der Waals surface area contributed by atoms with Gasteiger partial charge in [0.05, 0.1) is 12.2 Å². The normalized spacial score (nSPS) is 26.6. The molecule has 31 heavy (non-hydrogen) atoms. The van der Waals surface area contributed by atoms with Gasteiger partial charge in [0.25, 0.3) is 0 Å². The number of rotatable bonds is 4. The average Bonchev–Trinajstić information content (AvgIpc) is 2.76. The van der Waals surface area contributed by atoms with Crippen LogP contribution in [0.2, 0.25) is 5.02 Å². The topological polar surface area (TPSA) is 39.7 Å². The zero-order valence-corrected chi connectivity index (χ0v) is 17.5. The molecule has 1 saturated heterocycles. The third-order valence-electron chi connectivity index (χ3n) is 5.76. The van der Waals surface area contributed by atoms with E-state index < -0.39 is 23.6 Å². The standard InChI is InChI=1S/C23H23ClF3NO3/c1-15(16-6-8-17(24)9-7-16)21-14-29-22(31-30-21)12-10-18(11-13-22)28-20-5-3-2-4-19(20)23(25,26)27/h2-9,18,21,28H,1,10-14H2. The van der Waals surface area contributed by atoms with Crippen LogP contribution in [0, 0.1) is 0 Å². The van der Waals surface area contributed by atoms with Crippen molar-refractivity contribution in [3.05, 3.63) is 71.3 Å². The summed E-state index contributed by atoms with van der Waals surface area (Å²) in [6, 6.07) is 12.7. The molecule has 0 amide bonds. The Hall–Kier alpha value is -2.06. The van der Waals surface area contributed by atoms with Gasteiger partial charge in [-0.2, -0.15) is 13.2 Å². The molecule has 1 spiro atoms. The van der Waals surface area contributed by atoms with E-state index in [1.54, 1.807) is 18.2 Å². The lowest BCUT2D eigenvalue weighted by atomic mass is 9.89. The first kappa shape index (κ1) is 22.1. The summed E-state index contributed by atoms with van der Waals surface area (Å²) in [5.74, 6) is -0.876. The zero-order chi connectivity index (χ0) is 22.1. The Kier molecular flexibility index (Phi) is 6.30. The number of alkyl halides is 3. The van der Waals surface area contributed by atoms with Crippen LogP contribution in [0.15, 0.2) is 55.1 Å². The molecule has 4 nitrogen and oxygen atoms in total. The minimum Gasteiger partial charge on any atom is -0.382 e. The van der Waals surface area contributed by atoms with Gasteiger partial charge in [-0.05, 0) is 48.2 Å². The van der Waals surface area contributed by atoms with Crippen molar-refractivity contribution < 1.29 is 27.7 Å². The minimum atomic E-state index is -4.40. The van der Waals surface area contributed by atoms with Crippen molar-refractivity contribution >= 4 is 22.9 Å². The summed E-state index contributed by atoms with van der Waals surface area (Å²) in [7, 11) is 0. The molecule has 2 aromatic rings. The number of anilines is 1. The summed E-state index contributed by atoms with van der Waals surface area (Å²) in [5, 5.41) is 3.67. The molecule has 1 heterocycles. The zero-order valence-electron chi connectivity index (χ0n) is 16.8. The SMILES string of the molecule is C=C(c1ccc(Cl)cc1)C1COC2(CCC(Nc3ccccc3C(F)(F)F)CC2)OO1. The molecule has 1 unspecified atom stereocenters. The highest BCUT2D eigenvalue weighted by atomic mass is 35.5. The molecular formula is C23H23ClF3NO3. The van der Waals surface area contributed by atoms with Crippen molar-refractivity contribution in [2.45, 2.75) is 49.8 Å². The van der Waals surface area contributed by atoms with Crippen LogP contribution in [0.5, 0.6) is 0 Å². The lowest BCUT2D eigenvalue weighted by Gasteiger charge is -2.43. The van der Waals surface area contributed by atoms with E-state index in [1.807, 2.05) is 12.1 Å². The van der Waals surface area contributed by atoms with Crippen molar-refractivity contribution in [1.29, 1.82) is 0 Å². The molecular weight excluding hydrogens is 431 g/mol. The van der Waals surface area contributed by atoms with Crippen molar-refractivity contribution in [3.8, 4) is 0 Å². The number of para-hydroxylation sites is 1. The molecule has 2 aliphatic rings. The van der Waals surface area contributed by atoms with Crippen LogP contribution >= 0.6 is 11.6 Å². The maximum atomic E-state index is 13.2. The Morgan fingerprint density at radius 3 is 2.35 bits per heavy atom. The van der Waals surface area contributed by atoms with E-state index in [0.29, 0.717) is 30.7 Å². The maximum absolute atomic E-state index is 13.2. The summed E-state index contributed by atoms with van der Waals surface area (Å²) < 4.78 is 45.7. The fraction of sp³-hybridized carbons (Fsp3) is 0.391. The monoisotopic (exact) mass is 453 g/mol. The second-order valence-corrected chi connectivity index (χ2v) is 8.32. The van der Waals surface area contributed by atoms with Gasteiger partial charge < -0.3 is 10.1 Å². The molecule has 1 aliphatic heterocycles. The van der Waals surface area contributed by atoms with Gasteiger partial charge in [-0.3, -0.25) is 0 Å². The number of halogens is 4. The van der Waals surface area contributed by atoms with Crippen LogP contribution in [0.1, 0.15) is 36.8 Å². The second kappa shape index (κ2) is 8.82. The Morgan fingerprint density at radius 1 is 1.06 bits per heavy atom. The van der Waals surface area contributed by atoms with Gasteiger partial charge in [0.1, 0.15) is 6.10 Å². The van der Waals surface area contributed by atoms with E-state index >= 15 is 0 Å². The molecule has 0 radical (unpaired) electrons. The molecule has 0 bridgehead atoms.